The second-order valence-corrected chi connectivity index (χ2v) is 9.79. The largest absolute Gasteiger partial charge is 0.379 e. The SMILES string of the molecule is O=S(=O)(c1ccc(N2CCCC2)c(NCc2c(F)cccc2Cl)c1)N1CCOCC1. The number of rotatable bonds is 6. The van der Waals surface area contributed by atoms with Crippen LogP contribution in [0.2, 0.25) is 5.02 Å². The summed E-state index contributed by atoms with van der Waals surface area (Å²) in [6, 6.07) is 9.70. The summed E-state index contributed by atoms with van der Waals surface area (Å²) in [7, 11) is -3.63. The van der Waals surface area contributed by atoms with Crippen molar-refractivity contribution in [3.8, 4) is 0 Å². The van der Waals surface area contributed by atoms with Crippen molar-refractivity contribution in [2.45, 2.75) is 24.3 Å². The van der Waals surface area contributed by atoms with Gasteiger partial charge in [-0.15, -0.1) is 0 Å². The molecule has 0 bridgehead atoms. The van der Waals surface area contributed by atoms with Crippen molar-refractivity contribution in [2.24, 2.45) is 0 Å². The summed E-state index contributed by atoms with van der Waals surface area (Å²) < 4.78 is 47.1. The maximum atomic E-state index is 14.2. The van der Waals surface area contributed by atoms with Crippen molar-refractivity contribution < 1.29 is 17.5 Å². The van der Waals surface area contributed by atoms with Crippen LogP contribution in [0.25, 0.3) is 0 Å². The van der Waals surface area contributed by atoms with Gasteiger partial charge in [0.1, 0.15) is 5.82 Å². The van der Waals surface area contributed by atoms with Crippen LogP contribution in [-0.4, -0.2) is 52.1 Å². The van der Waals surface area contributed by atoms with Gasteiger partial charge in [-0.3, -0.25) is 0 Å². The number of halogens is 2. The molecule has 2 saturated heterocycles. The van der Waals surface area contributed by atoms with Crippen LogP contribution >= 0.6 is 11.6 Å². The molecule has 0 atom stereocenters. The first-order valence-corrected chi connectivity index (χ1v) is 11.9. The first kappa shape index (κ1) is 21.4. The molecule has 6 nitrogen and oxygen atoms in total. The summed E-state index contributed by atoms with van der Waals surface area (Å²) in [5.74, 6) is -0.394. The van der Waals surface area contributed by atoms with Gasteiger partial charge < -0.3 is 15.0 Å². The molecule has 2 aliphatic heterocycles. The van der Waals surface area contributed by atoms with Crippen LogP contribution in [0.3, 0.4) is 0 Å². The molecule has 0 aliphatic carbocycles. The number of sulfonamides is 1. The van der Waals surface area contributed by atoms with E-state index in [0.29, 0.717) is 42.6 Å². The normalized spacial score (nSPS) is 18.0. The van der Waals surface area contributed by atoms with Crippen LogP contribution in [0.15, 0.2) is 41.3 Å². The molecule has 4 rings (SSSR count). The van der Waals surface area contributed by atoms with Crippen LogP contribution in [-0.2, 0) is 21.3 Å². The Balaban J connectivity index is 1.66. The minimum absolute atomic E-state index is 0.160. The average molecular weight is 454 g/mol. The van der Waals surface area contributed by atoms with Gasteiger partial charge >= 0.3 is 0 Å². The van der Waals surface area contributed by atoms with Gasteiger partial charge in [-0.25, -0.2) is 12.8 Å². The molecule has 2 heterocycles. The molecule has 1 N–H and O–H groups in total. The first-order valence-electron chi connectivity index (χ1n) is 10.1. The van der Waals surface area contributed by atoms with Crippen molar-refractivity contribution in [3.05, 3.63) is 52.8 Å². The topological polar surface area (TPSA) is 61.9 Å². The lowest BCUT2D eigenvalue weighted by Crippen LogP contribution is -2.40. The quantitative estimate of drug-likeness (QED) is 0.722. The Bertz CT molecular complexity index is 986. The Morgan fingerprint density at radius 3 is 2.50 bits per heavy atom. The lowest BCUT2D eigenvalue weighted by atomic mass is 10.2. The van der Waals surface area contributed by atoms with E-state index in [1.165, 1.54) is 10.4 Å². The van der Waals surface area contributed by atoms with E-state index in [2.05, 4.69) is 10.2 Å². The molecular weight excluding hydrogens is 429 g/mol. The van der Waals surface area contributed by atoms with E-state index in [-0.39, 0.29) is 11.4 Å². The minimum Gasteiger partial charge on any atom is -0.379 e. The number of hydrogen-bond acceptors (Lipinski definition) is 5. The van der Waals surface area contributed by atoms with Crippen molar-refractivity contribution in [3.63, 3.8) is 0 Å². The summed E-state index contributed by atoms with van der Waals surface area (Å²) in [5, 5.41) is 3.57. The van der Waals surface area contributed by atoms with Crippen LogP contribution in [0, 0.1) is 5.82 Å². The zero-order valence-corrected chi connectivity index (χ0v) is 18.2. The van der Waals surface area contributed by atoms with Gasteiger partial charge in [0.2, 0.25) is 10.0 Å². The standard InChI is InChI=1S/C21H25ClFN3O3S/c22-18-4-3-5-19(23)17(18)15-24-20-14-16(6-7-21(20)25-8-1-2-9-25)30(27,28)26-10-12-29-13-11-26/h3-7,14,24H,1-2,8-13,15H2. The van der Waals surface area contributed by atoms with E-state index in [1.807, 2.05) is 6.07 Å². The third-order valence-electron chi connectivity index (χ3n) is 5.54. The summed E-state index contributed by atoms with van der Waals surface area (Å²) in [6.07, 6.45) is 2.18. The van der Waals surface area contributed by atoms with E-state index < -0.39 is 15.8 Å². The molecule has 0 unspecified atom stereocenters. The number of ether oxygens (including phenoxy) is 1. The van der Waals surface area contributed by atoms with Gasteiger partial charge in [-0.05, 0) is 43.2 Å². The van der Waals surface area contributed by atoms with E-state index in [9.17, 15) is 12.8 Å². The average Bonchev–Trinajstić information content (AvgIpc) is 3.28. The predicted octanol–water partition coefficient (Wildman–Crippen LogP) is 3.71. The molecule has 2 fully saturated rings. The molecule has 30 heavy (non-hydrogen) atoms. The third kappa shape index (κ3) is 4.42. The lowest BCUT2D eigenvalue weighted by Gasteiger charge is -2.27. The number of nitrogens with one attached hydrogen (secondary N) is 1. The smallest absolute Gasteiger partial charge is 0.243 e. The van der Waals surface area contributed by atoms with Crippen molar-refractivity contribution >= 4 is 33.0 Å². The summed E-state index contributed by atoms with van der Waals surface area (Å²) >= 11 is 6.16. The number of hydrogen-bond donors (Lipinski definition) is 1. The molecule has 0 saturated carbocycles. The molecule has 0 spiro atoms. The van der Waals surface area contributed by atoms with Gasteiger partial charge in [0.25, 0.3) is 0 Å². The Morgan fingerprint density at radius 2 is 1.80 bits per heavy atom. The molecule has 0 aromatic heterocycles. The van der Waals surface area contributed by atoms with Gasteiger partial charge in [0.15, 0.2) is 0 Å². The lowest BCUT2D eigenvalue weighted by molar-refractivity contribution is 0.0730. The molecule has 0 radical (unpaired) electrons. The fraction of sp³-hybridized carbons (Fsp3) is 0.429. The van der Waals surface area contributed by atoms with Gasteiger partial charge in [0.05, 0.1) is 29.5 Å². The molecule has 162 valence electrons. The molecule has 2 aromatic carbocycles. The second-order valence-electron chi connectivity index (χ2n) is 7.44. The summed E-state index contributed by atoms with van der Waals surface area (Å²) in [5.41, 5.74) is 1.93. The fourth-order valence-corrected chi connectivity index (χ4v) is 5.54. The molecular formula is C21H25ClFN3O3S. The van der Waals surface area contributed by atoms with Crippen molar-refractivity contribution in [1.29, 1.82) is 0 Å². The van der Waals surface area contributed by atoms with E-state index in [0.717, 1.165) is 31.6 Å². The van der Waals surface area contributed by atoms with Crippen LogP contribution < -0.4 is 10.2 Å². The predicted molar refractivity (Wildman–Crippen MR) is 116 cm³/mol. The van der Waals surface area contributed by atoms with Crippen molar-refractivity contribution in [2.75, 3.05) is 49.6 Å². The molecule has 2 aliphatic rings. The van der Waals surface area contributed by atoms with Crippen LogP contribution in [0.4, 0.5) is 15.8 Å². The highest BCUT2D eigenvalue weighted by molar-refractivity contribution is 7.89. The Morgan fingerprint density at radius 1 is 1.07 bits per heavy atom. The Labute approximate surface area is 181 Å². The van der Waals surface area contributed by atoms with E-state index in [1.54, 1.807) is 24.3 Å². The van der Waals surface area contributed by atoms with E-state index >= 15 is 0 Å². The molecule has 0 amide bonds. The van der Waals surface area contributed by atoms with Crippen LogP contribution in [0.1, 0.15) is 18.4 Å². The first-order chi connectivity index (χ1) is 14.5. The third-order valence-corrected chi connectivity index (χ3v) is 7.79. The highest BCUT2D eigenvalue weighted by atomic mass is 35.5. The number of morpholine rings is 1. The maximum Gasteiger partial charge on any atom is 0.243 e. The second kappa shape index (κ2) is 9.09. The van der Waals surface area contributed by atoms with Crippen molar-refractivity contribution in [1.82, 2.24) is 4.31 Å². The summed E-state index contributed by atoms with van der Waals surface area (Å²) in [4.78, 5) is 2.44. The maximum absolute atomic E-state index is 14.2. The number of nitrogens with zero attached hydrogens (tertiary/aromatic N) is 2. The summed E-state index contributed by atoms with van der Waals surface area (Å²) in [6.45, 7) is 3.43. The Kier molecular flexibility index (Phi) is 6.48. The number of anilines is 2. The molecule has 9 heteroatoms. The highest BCUT2D eigenvalue weighted by Gasteiger charge is 2.28. The zero-order valence-electron chi connectivity index (χ0n) is 16.6. The Hall–Kier alpha value is -1.87. The monoisotopic (exact) mass is 453 g/mol. The van der Waals surface area contributed by atoms with Gasteiger partial charge in [-0.2, -0.15) is 4.31 Å². The van der Waals surface area contributed by atoms with Crippen LogP contribution in [0.5, 0.6) is 0 Å². The minimum atomic E-state index is -3.63. The molecule has 2 aromatic rings. The van der Waals surface area contributed by atoms with E-state index in [4.69, 9.17) is 16.3 Å². The zero-order chi connectivity index (χ0) is 21.1. The fourth-order valence-electron chi connectivity index (χ4n) is 3.87. The highest BCUT2D eigenvalue weighted by Crippen LogP contribution is 2.33. The van der Waals surface area contributed by atoms with Gasteiger partial charge in [0, 0.05) is 43.3 Å². The number of benzene rings is 2. The van der Waals surface area contributed by atoms with Gasteiger partial charge in [-0.1, -0.05) is 17.7 Å².